The minimum absolute atomic E-state index is 0.000882. The Morgan fingerprint density at radius 2 is 1.71 bits per heavy atom. The number of nitrogens with zero attached hydrogens (tertiary/aromatic N) is 2. The second-order valence-electron chi connectivity index (χ2n) is 5.90. The van der Waals surface area contributed by atoms with Crippen LogP contribution in [0.15, 0.2) is 54.9 Å². The molecule has 21 heavy (non-hydrogen) atoms. The Bertz CT molecular complexity index is 527. The largest absolute Gasteiger partial charge is 0.329 e. The van der Waals surface area contributed by atoms with Crippen LogP contribution in [-0.4, -0.2) is 29.0 Å². The molecule has 1 heterocycles. The van der Waals surface area contributed by atoms with E-state index in [1.807, 2.05) is 12.4 Å². The number of hydrogen-bond acceptors (Lipinski definition) is 3. The van der Waals surface area contributed by atoms with Crippen LogP contribution >= 0.6 is 0 Å². The van der Waals surface area contributed by atoms with E-state index >= 15 is 0 Å². The second-order valence-corrected chi connectivity index (χ2v) is 5.90. The van der Waals surface area contributed by atoms with Gasteiger partial charge < -0.3 is 5.73 Å². The minimum Gasteiger partial charge on any atom is -0.329 e. The highest BCUT2D eigenvalue weighted by Crippen LogP contribution is 2.21. The van der Waals surface area contributed by atoms with E-state index < -0.39 is 0 Å². The molecule has 0 bridgehead atoms. The van der Waals surface area contributed by atoms with Gasteiger partial charge in [0.25, 0.3) is 0 Å². The van der Waals surface area contributed by atoms with Crippen LogP contribution in [0.25, 0.3) is 0 Å². The Labute approximate surface area is 127 Å². The number of aromatic nitrogens is 1. The first-order chi connectivity index (χ1) is 10.1. The standard InChI is InChI=1S/C18H25N3/c1-18(15-19,11-8-16-6-4-3-5-7-16)21(2)14-17-9-12-20-13-10-17/h3-7,9-10,12-13H,8,11,14-15,19H2,1-2H3. The van der Waals surface area contributed by atoms with E-state index in [1.54, 1.807) is 0 Å². The zero-order valence-corrected chi connectivity index (χ0v) is 13.0. The fourth-order valence-electron chi connectivity index (χ4n) is 2.46. The first-order valence-electron chi connectivity index (χ1n) is 7.48. The molecule has 2 rings (SSSR count). The highest BCUT2D eigenvalue weighted by atomic mass is 15.2. The van der Waals surface area contributed by atoms with Gasteiger partial charge in [0.15, 0.2) is 0 Å². The lowest BCUT2D eigenvalue weighted by atomic mass is 9.91. The lowest BCUT2D eigenvalue weighted by molar-refractivity contribution is 0.126. The van der Waals surface area contributed by atoms with E-state index in [-0.39, 0.29) is 5.54 Å². The lowest BCUT2D eigenvalue weighted by Crippen LogP contribution is -2.49. The fourth-order valence-corrected chi connectivity index (χ4v) is 2.46. The monoisotopic (exact) mass is 283 g/mol. The molecule has 0 fully saturated rings. The van der Waals surface area contributed by atoms with Gasteiger partial charge >= 0.3 is 0 Å². The van der Waals surface area contributed by atoms with Crippen LogP contribution in [0.5, 0.6) is 0 Å². The second kappa shape index (κ2) is 7.34. The quantitative estimate of drug-likeness (QED) is 0.849. The summed E-state index contributed by atoms with van der Waals surface area (Å²) in [5.74, 6) is 0. The van der Waals surface area contributed by atoms with Crippen molar-refractivity contribution in [1.29, 1.82) is 0 Å². The summed E-state index contributed by atoms with van der Waals surface area (Å²) in [6, 6.07) is 14.7. The maximum Gasteiger partial charge on any atom is 0.0307 e. The van der Waals surface area contributed by atoms with Gasteiger partial charge in [0.05, 0.1) is 0 Å². The van der Waals surface area contributed by atoms with Crippen molar-refractivity contribution in [1.82, 2.24) is 9.88 Å². The van der Waals surface area contributed by atoms with Crippen LogP contribution in [0.4, 0.5) is 0 Å². The molecule has 1 unspecified atom stereocenters. The molecule has 2 N–H and O–H groups in total. The van der Waals surface area contributed by atoms with Crippen molar-refractivity contribution in [2.45, 2.75) is 31.8 Å². The zero-order valence-electron chi connectivity index (χ0n) is 13.0. The third kappa shape index (κ3) is 4.38. The third-order valence-corrected chi connectivity index (χ3v) is 4.33. The van der Waals surface area contributed by atoms with Gasteiger partial charge in [-0.2, -0.15) is 0 Å². The van der Waals surface area contributed by atoms with Gasteiger partial charge in [0.1, 0.15) is 0 Å². The normalized spacial score (nSPS) is 14.1. The average Bonchev–Trinajstić information content (AvgIpc) is 2.54. The number of rotatable bonds is 7. The van der Waals surface area contributed by atoms with Crippen LogP contribution in [0.1, 0.15) is 24.5 Å². The van der Waals surface area contributed by atoms with Crippen molar-refractivity contribution < 1.29 is 0 Å². The molecule has 0 aliphatic heterocycles. The van der Waals surface area contributed by atoms with Gasteiger partial charge in [-0.1, -0.05) is 30.3 Å². The number of aryl methyl sites for hydroxylation is 1. The number of hydrogen-bond donors (Lipinski definition) is 1. The van der Waals surface area contributed by atoms with Crippen molar-refractivity contribution in [3.05, 3.63) is 66.0 Å². The van der Waals surface area contributed by atoms with Crippen molar-refractivity contribution in [2.24, 2.45) is 5.73 Å². The van der Waals surface area contributed by atoms with Gasteiger partial charge in [0.2, 0.25) is 0 Å². The summed E-state index contributed by atoms with van der Waals surface area (Å²) in [7, 11) is 2.15. The van der Waals surface area contributed by atoms with Crippen LogP contribution in [0, 0.1) is 0 Å². The van der Waals surface area contributed by atoms with Gasteiger partial charge in [-0.25, -0.2) is 0 Å². The Kier molecular flexibility index (Phi) is 5.48. The van der Waals surface area contributed by atoms with Gasteiger partial charge in [-0.3, -0.25) is 9.88 Å². The van der Waals surface area contributed by atoms with Crippen LogP contribution < -0.4 is 5.73 Å². The number of nitrogens with two attached hydrogens (primary N) is 1. The SMILES string of the molecule is CN(Cc1ccncc1)C(C)(CN)CCc1ccccc1. The molecule has 0 saturated carbocycles. The summed E-state index contributed by atoms with van der Waals surface area (Å²) in [6.45, 7) is 3.80. The number of likely N-dealkylation sites (N-methyl/N-ethyl adjacent to an activating group) is 1. The Hall–Kier alpha value is -1.71. The van der Waals surface area contributed by atoms with Crippen molar-refractivity contribution >= 4 is 0 Å². The lowest BCUT2D eigenvalue weighted by Gasteiger charge is -2.38. The molecule has 3 heteroatoms. The molecule has 2 aromatic rings. The molecule has 0 aliphatic carbocycles. The summed E-state index contributed by atoms with van der Waals surface area (Å²) >= 11 is 0. The summed E-state index contributed by atoms with van der Waals surface area (Å²) in [4.78, 5) is 6.42. The molecule has 0 aliphatic rings. The molecule has 0 saturated heterocycles. The van der Waals surface area contributed by atoms with E-state index in [0.29, 0.717) is 6.54 Å². The molecular formula is C18H25N3. The maximum absolute atomic E-state index is 6.07. The maximum atomic E-state index is 6.07. The van der Waals surface area contributed by atoms with Crippen LogP contribution in [-0.2, 0) is 13.0 Å². The summed E-state index contributed by atoms with van der Waals surface area (Å²) in [5.41, 5.74) is 8.71. The summed E-state index contributed by atoms with van der Waals surface area (Å²) in [5, 5.41) is 0. The molecule has 1 atom stereocenters. The number of pyridine rings is 1. The first-order valence-corrected chi connectivity index (χ1v) is 7.48. The molecular weight excluding hydrogens is 258 g/mol. The van der Waals surface area contributed by atoms with Crippen LogP contribution in [0.3, 0.4) is 0 Å². The summed E-state index contributed by atoms with van der Waals surface area (Å²) in [6.07, 6.45) is 5.78. The van der Waals surface area contributed by atoms with Gasteiger partial charge in [0, 0.05) is 31.0 Å². The topological polar surface area (TPSA) is 42.2 Å². The zero-order chi connectivity index (χ0) is 15.1. The smallest absolute Gasteiger partial charge is 0.0307 e. The van der Waals surface area contributed by atoms with E-state index in [4.69, 9.17) is 5.73 Å². The molecule has 0 spiro atoms. The highest BCUT2D eigenvalue weighted by molar-refractivity contribution is 5.15. The molecule has 112 valence electrons. The van der Waals surface area contributed by atoms with E-state index in [1.165, 1.54) is 11.1 Å². The van der Waals surface area contributed by atoms with Crippen molar-refractivity contribution in [3.63, 3.8) is 0 Å². The van der Waals surface area contributed by atoms with Crippen molar-refractivity contribution in [3.8, 4) is 0 Å². The van der Waals surface area contributed by atoms with E-state index in [9.17, 15) is 0 Å². The minimum atomic E-state index is -0.000882. The van der Waals surface area contributed by atoms with E-state index in [0.717, 1.165) is 19.4 Å². The molecule has 3 nitrogen and oxygen atoms in total. The highest BCUT2D eigenvalue weighted by Gasteiger charge is 2.27. The predicted molar refractivity (Wildman–Crippen MR) is 87.9 cm³/mol. The van der Waals surface area contributed by atoms with E-state index in [2.05, 4.69) is 66.3 Å². The fraction of sp³-hybridized carbons (Fsp3) is 0.389. The average molecular weight is 283 g/mol. The number of benzene rings is 1. The first kappa shape index (κ1) is 15.7. The summed E-state index contributed by atoms with van der Waals surface area (Å²) < 4.78 is 0. The Balaban J connectivity index is 1.99. The van der Waals surface area contributed by atoms with Crippen LogP contribution in [0.2, 0.25) is 0 Å². The third-order valence-electron chi connectivity index (χ3n) is 4.33. The molecule has 0 radical (unpaired) electrons. The Morgan fingerprint density at radius 3 is 2.33 bits per heavy atom. The predicted octanol–water partition coefficient (Wildman–Crippen LogP) is 2.86. The Morgan fingerprint density at radius 1 is 1.05 bits per heavy atom. The van der Waals surface area contributed by atoms with Gasteiger partial charge in [-0.15, -0.1) is 0 Å². The molecule has 1 aromatic heterocycles. The molecule has 1 aromatic carbocycles. The van der Waals surface area contributed by atoms with Gasteiger partial charge in [-0.05, 0) is 50.1 Å². The van der Waals surface area contributed by atoms with Crippen molar-refractivity contribution in [2.75, 3.05) is 13.6 Å². The molecule has 0 amide bonds.